The van der Waals surface area contributed by atoms with Crippen LogP contribution in [0, 0.1) is 0 Å². The third-order valence-electron chi connectivity index (χ3n) is 4.82. The van der Waals surface area contributed by atoms with Crippen LogP contribution in [-0.4, -0.2) is 50.1 Å². The van der Waals surface area contributed by atoms with E-state index < -0.39 is 5.91 Å². The van der Waals surface area contributed by atoms with Crippen molar-refractivity contribution in [2.24, 2.45) is 5.73 Å². The number of carbonyl (C=O) groups is 3. The van der Waals surface area contributed by atoms with E-state index in [0.29, 0.717) is 41.3 Å². The van der Waals surface area contributed by atoms with E-state index >= 15 is 0 Å². The third-order valence-corrected chi connectivity index (χ3v) is 4.82. The van der Waals surface area contributed by atoms with Crippen LogP contribution in [0.15, 0.2) is 42.5 Å². The van der Waals surface area contributed by atoms with Gasteiger partial charge in [0, 0.05) is 29.8 Å². The average Bonchev–Trinajstić information content (AvgIpc) is 3.15. The van der Waals surface area contributed by atoms with Gasteiger partial charge in [-0.15, -0.1) is 0 Å². The van der Waals surface area contributed by atoms with Crippen LogP contribution in [0.1, 0.15) is 33.6 Å². The number of benzene rings is 2. The molecule has 0 aliphatic carbocycles. The van der Waals surface area contributed by atoms with Crippen LogP contribution >= 0.6 is 0 Å². The van der Waals surface area contributed by atoms with Gasteiger partial charge in [0.15, 0.2) is 11.5 Å². The number of hydrogen-bond donors (Lipinski definition) is 1. The van der Waals surface area contributed by atoms with Gasteiger partial charge in [0.2, 0.25) is 11.8 Å². The number of amides is 3. The Morgan fingerprint density at radius 3 is 2.24 bits per heavy atom. The molecule has 1 fully saturated rings. The van der Waals surface area contributed by atoms with E-state index in [9.17, 15) is 14.4 Å². The lowest BCUT2D eigenvalue weighted by Gasteiger charge is -2.28. The van der Waals surface area contributed by atoms with Crippen molar-refractivity contribution in [1.82, 2.24) is 4.90 Å². The Morgan fingerprint density at radius 2 is 1.69 bits per heavy atom. The van der Waals surface area contributed by atoms with Gasteiger partial charge in [0.05, 0.1) is 14.2 Å². The van der Waals surface area contributed by atoms with Gasteiger partial charge in [-0.1, -0.05) is 0 Å². The van der Waals surface area contributed by atoms with Crippen LogP contribution in [0.25, 0.3) is 0 Å². The molecule has 1 saturated heterocycles. The van der Waals surface area contributed by atoms with Gasteiger partial charge in [-0.3, -0.25) is 19.3 Å². The van der Waals surface area contributed by atoms with E-state index in [4.69, 9.17) is 15.2 Å². The van der Waals surface area contributed by atoms with Crippen LogP contribution in [0.2, 0.25) is 0 Å². The quantitative estimate of drug-likeness (QED) is 0.770. The molecule has 0 radical (unpaired) electrons. The first-order valence-electron chi connectivity index (χ1n) is 9.16. The Bertz CT molecular complexity index is 926. The Balaban J connectivity index is 1.96. The second-order valence-electron chi connectivity index (χ2n) is 6.62. The normalized spacial score (nSPS) is 13.3. The lowest BCUT2D eigenvalue weighted by Crippen LogP contribution is -2.42. The number of rotatable bonds is 7. The zero-order valence-electron chi connectivity index (χ0n) is 16.4. The van der Waals surface area contributed by atoms with Crippen molar-refractivity contribution in [3.05, 3.63) is 53.6 Å². The topological polar surface area (TPSA) is 102 Å². The fourth-order valence-electron chi connectivity index (χ4n) is 3.22. The van der Waals surface area contributed by atoms with Gasteiger partial charge in [-0.05, 0) is 48.9 Å². The predicted octanol–water partition coefficient (Wildman–Crippen LogP) is 2.03. The standard InChI is InChI=1S/C21H23N3O5/c1-28-17-10-7-15(12-18(17)29-2)21(27)24(13-23-11-3-4-19(23)25)16-8-5-14(6-9-16)20(22)26/h5-10,12H,3-4,11,13H2,1-2H3,(H2,22,26). The molecule has 1 aliphatic rings. The lowest BCUT2D eigenvalue weighted by atomic mass is 10.1. The molecule has 29 heavy (non-hydrogen) atoms. The summed E-state index contributed by atoms with van der Waals surface area (Å²) < 4.78 is 10.5. The molecule has 0 bridgehead atoms. The molecule has 152 valence electrons. The zero-order valence-corrected chi connectivity index (χ0v) is 16.4. The Morgan fingerprint density at radius 1 is 1.03 bits per heavy atom. The molecule has 1 heterocycles. The number of primary amides is 1. The van der Waals surface area contributed by atoms with E-state index in [1.807, 2.05) is 0 Å². The second kappa shape index (κ2) is 8.64. The minimum atomic E-state index is -0.552. The highest BCUT2D eigenvalue weighted by atomic mass is 16.5. The highest BCUT2D eigenvalue weighted by Crippen LogP contribution is 2.29. The highest BCUT2D eigenvalue weighted by Gasteiger charge is 2.27. The van der Waals surface area contributed by atoms with Crippen LogP contribution in [-0.2, 0) is 4.79 Å². The number of methoxy groups -OCH3 is 2. The maximum Gasteiger partial charge on any atom is 0.259 e. The fraction of sp³-hybridized carbons (Fsp3) is 0.286. The summed E-state index contributed by atoms with van der Waals surface area (Å²) in [4.78, 5) is 39.9. The molecule has 0 aromatic heterocycles. The number of carbonyl (C=O) groups excluding carboxylic acids is 3. The number of nitrogens with two attached hydrogens (primary N) is 1. The van der Waals surface area contributed by atoms with Crippen LogP contribution in [0.5, 0.6) is 11.5 Å². The summed E-state index contributed by atoms with van der Waals surface area (Å²) >= 11 is 0. The summed E-state index contributed by atoms with van der Waals surface area (Å²) in [5.41, 5.74) is 6.57. The van der Waals surface area contributed by atoms with Gasteiger partial charge in [0.1, 0.15) is 6.67 Å². The fourth-order valence-corrected chi connectivity index (χ4v) is 3.22. The molecule has 2 aromatic carbocycles. The number of nitrogens with zero attached hydrogens (tertiary/aromatic N) is 2. The number of ether oxygens (including phenoxy) is 2. The Kier molecular flexibility index (Phi) is 6.01. The van der Waals surface area contributed by atoms with Gasteiger partial charge in [0.25, 0.3) is 5.91 Å². The zero-order chi connectivity index (χ0) is 21.0. The smallest absolute Gasteiger partial charge is 0.259 e. The number of hydrogen-bond acceptors (Lipinski definition) is 5. The molecule has 0 unspecified atom stereocenters. The van der Waals surface area contributed by atoms with Crippen LogP contribution in [0.4, 0.5) is 5.69 Å². The predicted molar refractivity (Wildman–Crippen MR) is 107 cm³/mol. The van der Waals surface area contributed by atoms with E-state index in [-0.39, 0.29) is 18.5 Å². The Labute approximate surface area is 168 Å². The van der Waals surface area contributed by atoms with Crippen LogP contribution in [0.3, 0.4) is 0 Å². The minimum absolute atomic E-state index is 0.00358. The largest absolute Gasteiger partial charge is 0.493 e. The SMILES string of the molecule is COc1ccc(C(=O)N(CN2CCCC2=O)c2ccc(C(N)=O)cc2)cc1OC. The molecule has 8 heteroatoms. The Hall–Kier alpha value is -3.55. The first-order valence-corrected chi connectivity index (χ1v) is 9.16. The summed E-state index contributed by atoms with van der Waals surface area (Å²) in [7, 11) is 3.01. The molecule has 2 N–H and O–H groups in total. The van der Waals surface area contributed by atoms with E-state index in [1.165, 1.54) is 19.1 Å². The summed E-state index contributed by atoms with van der Waals surface area (Å²) in [5.74, 6) is 0.0844. The number of likely N-dealkylation sites (tertiary alicyclic amines) is 1. The highest BCUT2D eigenvalue weighted by molar-refractivity contribution is 6.07. The van der Waals surface area contributed by atoms with E-state index in [2.05, 4.69) is 0 Å². The third kappa shape index (κ3) is 4.31. The van der Waals surface area contributed by atoms with Crippen molar-refractivity contribution in [2.45, 2.75) is 12.8 Å². The molecular weight excluding hydrogens is 374 g/mol. The first kappa shape index (κ1) is 20.2. The monoisotopic (exact) mass is 397 g/mol. The van der Waals surface area contributed by atoms with Crippen molar-refractivity contribution in [3.8, 4) is 11.5 Å². The van der Waals surface area contributed by atoms with Gasteiger partial charge in [-0.2, -0.15) is 0 Å². The summed E-state index contributed by atoms with van der Waals surface area (Å²) in [5, 5.41) is 0. The maximum atomic E-state index is 13.3. The maximum absolute atomic E-state index is 13.3. The molecule has 3 amide bonds. The molecule has 0 atom stereocenters. The van der Waals surface area contributed by atoms with E-state index in [0.717, 1.165) is 6.42 Å². The van der Waals surface area contributed by atoms with Crippen molar-refractivity contribution in [1.29, 1.82) is 0 Å². The number of anilines is 1. The molecular formula is C21H23N3O5. The van der Waals surface area contributed by atoms with Crippen molar-refractivity contribution in [2.75, 3.05) is 32.3 Å². The molecule has 0 saturated carbocycles. The summed E-state index contributed by atoms with van der Waals surface area (Å²) in [6.45, 7) is 0.704. The van der Waals surface area contributed by atoms with Gasteiger partial charge in [-0.25, -0.2) is 0 Å². The van der Waals surface area contributed by atoms with Crippen molar-refractivity contribution in [3.63, 3.8) is 0 Å². The molecule has 1 aliphatic heterocycles. The molecule has 8 nitrogen and oxygen atoms in total. The summed E-state index contributed by atoms with van der Waals surface area (Å²) in [6.07, 6.45) is 1.23. The summed E-state index contributed by atoms with van der Waals surface area (Å²) in [6, 6.07) is 11.3. The average molecular weight is 397 g/mol. The first-order chi connectivity index (χ1) is 13.9. The molecule has 2 aromatic rings. The van der Waals surface area contributed by atoms with Gasteiger partial charge < -0.3 is 20.1 Å². The molecule has 0 spiro atoms. The minimum Gasteiger partial charge on any atom is -0.493 e. The van der Waals surface area contributed by atoms with E-state index in [1.54, 1.807) is 47.4 Å². The van der Waals surface area contributed by atoms with Crippen molar-refractivity contribution >= 4 is 23.4 Å². The second-order valence-corrected chi connectivity index (χ2v) is 6.62. The molecule has 3 rings (SSSR count). The van der Waals surface area contributed by atoms with Gasteiger partial charge >= 0.3 is 0 Å². The van der Waals surface area contributed by atoms with Crippen LogP contribution < -0.4 is 20.1 Å². The van der Waals surface area contributed by atoms with Crippen molar-refractivity contribution < 1.29 is 23.9 Å². The lowest BCUT2D eigenvalue weighted by molar-refractivity contribution is -0.127.